The molecule has 4 nitrogen and oxygen atoms in total. The normalized spacial score (nSPS) is 20.6. The Kier molecular flexibility index (Phi) is 4.37. The van der Waals surface area contributed by atoms with E-state index in [2.05, 4.69) is 0 Å². The molecule has 2 rings (SSSR count). The first-order valence-electron chi connectivity index (χ1n) is 5.94. The molecule has 1 saturated heterocycles. The van der Waals surface area contributed by atoms with Gasteiger partial charge < -0.3 is 0 Å². The summed E-state index contributed by atoms with van der Waals surface area (Å²) in [6.07, 6.45) is 0. The van der Waals surface area contributed by atoms with Gasteiger partial charge in [0, 0.05) is 13.1 Å². The number of amides is 2. The molecule has 0 spiro atoms. The second kappa shape index (κ2) is 5.68. The van der Waals surface area contributed by atoms with E-state index in [0.29, 0.717) is 18.2 Å². The van der Waals surface area contributed by atoms with Crippen molar-refractivity contribution in [3.05, 3.63) is 20.1 Å². The lowest BCUT2D eigenvalue weighted by Crippen LogP contribution is -2.56. The molecular formula is C12H14N2O2S3. The Labute approximate surface area is 126 Å². The smallest absolute Gasteiger partial charge is 0.267 e. The van der Waals surface area contributed by atoms with E-state index < -0.39 is 0 Å². The van der Waals surface area contributed by atoms with Crippen LogP contribution in [0.4, 0.5) is 0 Å². The summed E-state index contributed by atoms with van der Waals surface area (Å²) in [4.78, 5) is 28.9. The lowest BCUT2D eigenvalue weighted by Gasteiger charge is -2.35. The van der Waals surface area contributed by atoms with Gasteiger partial charge in [0.15, 0.2) is 5.11 Å². The number of thioether (sulfide) groups is 2. The highest BCUT2D eigenvalue weighted by atomic mass is 32.2. The highest BCUT2D eigenvalue weighted by Crippen LogP contribution is 2.46. The van der Waals surface area contributed by atoms with E-state index >= 15 is 0 Å². The van der Waals surface area contributed by atoms with Crippen LogP contribution in [0.15, 0.2) is 20.1 Å². The van der Waals surface area contributed by atoms with Crippen molar-refractivity contribution in [2.24, 2.45) is 0 Å². The molecule has 0 radical (unpaired) electrons. The average molecular weight is 314 g/mol. The lowest BCUT2D eigenvalue weighted by molar-refractivity contribution is -0.133. The Bertz CT molecular complexity index is 497. The molecule has 0 unspecified atom stereocenters. The van der Waals surface area contributed by atoms with Crippen molar-refractivity contribution in [2.45, 2.75) is 20.8 Å². The summed E-state index contributed by atoms with van der Waals surface area (Å²) in [6, 6.07) is 0. The molecule has 0 bridgehead atoms. The van der Waals surface area contributed by atoms with E-state index in [-0.39, 0.29) is 17.4 Å². The maximum Gasteiger partial charge on any atom is 0.267 e. The molecule has 0 aliphatic carbocycles. The number of allylic oxidation sites excluding steroid dienone is 1. The first-order chi connectivity index (χ1) is 9.01. The summed E-state index contributed by atoms with van der Waals surface area (Å²) in [5.41, 5.74) is 0.250. The van der Waals surface area contributed by atoms with Crippen molar-refractivity contribution >= 4 is 52.7 Å². The molecule has 0 aromatic carbocycles. The van der Waals surface area contributed by atoms with E-state index in [1.54, 1.807) is 0 Å². The number of carbonyl (C=O) groups excluding carboxylic acids is 2. The molecule has 2 aliphatic heterocycles. The predicted octanol–water partition coefficient (Wildman–Crippen LogP) is 2.53. The Morgan fingerprint density at radius 2 is 1.68 bits per heavy atom. The largest absolute Gasteiger partial charge is 0.285 e. The van der Waals surface area contributed by atoms with Gasteiger partial charge in [0.1, 0.15) is 5.57 Å². The molecule has 0 atom stereocenters. The highest BCUT2D eigenvalue weighted by molar-refractivity contribution is 8.28. The Balaban J connectivity index is 2.45. The summed E-state index contributed by atoms with van der Waals surface area (Å²) in [6.45, 7) is 6.62. The van der Waals surface area contributed by atoms with Crippen LogP contribution in [-0.2, 0) is 9.59 Å². The van der Waals surface area contributed by atoms with Gasteiger partial charge in [-0.1, -0.05) is 23.5 Å². The maximum atomic E-state index is 12.4. The van der Waals surface area contributed by atoms with Gasteiger partial charge in [-0.25, -0.2) is 0 Å². The predicted molar refractivity (Wildman–Crippen MR) is 83.3 cm³/mol. The lowest BCUT2D eigenvalue weighted by atomic mass is 10.2. The third-order valence-corrected chi connectivity index (χ3v) is 5.65. The molecule has 2 heterocycles. The summed E-state index contributed by atoms with van der Waals surface area (Å²) >= 11 is 8.12. The minimum atomic E-state index is -0.278. The molecule has 0 N–H and O–H groups in total. The van der Waals surface area contributed by atoms with E-state index in [1.807, 2.05) is 26.2 Å². The van der Waals surface area contributed by atoms with Crippen LogP contribution in [0.25, 0.3) is 0 Å². The molecule has 2 aliphatic rings. The second-order valence-electron chi connectivity index (χ2n) is 3.99. The van der Waals surface area contributed by atoms with Gasteiger partial charge in [-0.15, -0.1) is 0 Å². The zero-order valence-corrected chi connectivity index (χ0v) is 13.4. The minimum absolute atomic E-state index is 0.250. The van der Waals surface area contributed by atoms with Crippen LogP contribution in [0.5, 0.6) is 0 Å². The molecular weight excluding hydrogens is 300 g/mol. The summed E-state index contributed by atoms with van der Waals surface area (Å²) in [7, 11) is 0. The Hall–Kier alpha value is -0.790. The van der Waals surface area contributed by atoms with Crippen LogP contribution >= 0.6 is 35.7 Å². The van der Waals surface area contributed by atoms with E-state index in [4.69, 9.17) is 12.2 Å². The van der Waals surface area contributed by atoms with Crippen LogP contribution in [0.1, 0.15) is 20.8 Å². The third kappa shape index (κ3) is 2.46. The third-order valence-electron chi connectivity index (χ3n) is 2.80. The Morgan fingerprint density at radius 1 is 1.16 bits per heavy atom. The van der Waals surface area contributed by atoms with E-state index in [1.165, 1.54) is 33.3 Å². The number of nitrogens with zero attached hydrogens (tertiary/aromatic N) is 2. The fraction of sp³-hybridized carbons (Fsp3) is 0.417. The zero-order valence-electron chi connectivity index (χ0n) is 10.9. The monoisotopic (exact) mass is 314 g/mol. The molecule has 0 aromatic rings. The van der Waals surface area contributed by atoms with Crippen LogP contribution < -0.4 is 0 Å². The van der Waals surface area contributed by atoms with Gasteiger partial charge in [-0.2, -0.15) is 0 Å². The number of hydrogen-bond acceptors (Lipinski definition) is 5. The Morgan fingerprint density at radius 3 is 2.05 bits per heavy atom. The van der Waals surface area contributed by atoms with Crippen LogP contribution in [-0.4, -0.2) is 39.8 Å². The molecule has 0 aromatic heterocycles. The molecule has 19 heavy (non-hydrogen) atoms. The molecule has 7 heteroatoms. The van der Waals surface area contributed by atoms with Gasteiger partial charge in [-0.3, -0.25) is 19.4 Å². The van der Waals surface area contributed by atoms with Crippen LogP contribution in [0.3, 0.4) is 0 Å². The first kappa shape index (κ1) is 14.6. The molecule has 102 valence electrons. The van der Waals surface area contributed by atoms with Gasteiger partial charge >= 0.3 is 0 Å². The number of thiocarbonyl (C=S) groups is 1. The van der Waals surface area contributed by atoms with Crippen molar-refractivity contribution in [3.63, 3.8) is 0 Å². The fourth-order valence-corrected chi connectivity index (χ4v) is 4.48. The number of carbonyl (C=O) groups is 2. The van der Waals surface area contributed by atoms with Gasteiger partial charge in [-0.05, 0) is 43.3 Å². The minimum Gasteiger partial charge on any atom is -0.285 e. The van der Waals surface area contributed by atoms with Crippen LogP contribution in [0.2, 0.25) is 0 Å². The number of hydrogen-bond donors (Lipinski definition) is 0. The van der Waals surface area contributed by atoms with Crippen molar-refractivity contribution in [3.8, 4) is 0 Å². The van der Waals surface area contributed by atoms with Crippen molar-refractivity contribution in [2.75, 3.05) is 13.1 Å². The first-order valence-corrected chi connectivity index (χ1v) is 8.04. The van der Waals surface area contributed by atoms with Crippen molar-refractivity contribution in [1.29, 1.82) is 0 Å². The summed E-state index contributed by atoms with van der Waals surface area (Å²) in [5, 5.41) is 2.26. The SMILES string of the molecule is CCN1C(=O)C(=C2SC=C(C)S2)C(=O)N(CC)C1=S. The number of likely N-dealkylation sites (N-methyl/N-ethyl adjacent to an activating group) is 2. The maximum absolute atomic E-state index is 12.4. The van der Waals surface area contributed by atoms with E-state index in [0.717, 1.165) is 9.14 Å². The van der Waals surface area contributed by atoms with Crippen LogP contribution in [0, 0.1) is 0 Å². The number of rotatable bonds is 2. The fourth-order valence-electron chi connectivity index (χ4n) is 1.85. The van der Waals surface area contributed by atoms with Crippen molar-refractivity contribution < 1.29 is 9.59 Å². The average Bonchev–Trinajstić information content (AvgIpc) is 2.77. The van der Waals surface area contributed by atoms with Crippen molar-refractivity contribution in [1.82, 2.24) is 9.80 Å². The zero-order chi connectivity index (χ0) is 14.2. The summed E-state index contributed by atoms with van der Waals surface area (Å²) < 4.78 is 0.756. The van der Waals surface area contributed by atoms with Gasteiger partial charge in [0.2, 0.25) is 0 Å². The molecule has 2 amide bonds. The molecule has 1 fully saturated rings. The summed E-state index contributed by atoms with van der Waals surface area (Å²) in [5.74, 6) is -0.555. The molecule has 0 saturated carbocycles. The highest BCUT2D eigenvalue weighted by Gasteiger charge is 2.40. The van der Waals surface area contributed by atoms with E-state index in [9.17, 15) is 9.59 Å². The van der Waals surface area contributed by atoms with Gasteiger partial charge in [0.25, 0.3) is 11.8 Å². The topological polar surface area (TPSA) is 40.6 Å². The second-order valence-corrected chi connectivity index (χ2v) is 6.75. The standard InChI is InChI=1S/C12H14N2O2S3/c1-4-13-9(15)8(11-18-6-7(3)19-11)10(16)14(5-2)12(13)17/h6H,4-5H2,1-3H3. The quantitative estimate of drug-likeness (QED) is 0.445. The van der Waals surface area contributed by atoms with Gasteiger partial charge in [0.05, 0.1) is 4.24 Å².